The normalized spacial score (nSPS) is 9.08. The smallest absolute Gasteiger partial charge is 0.253 e. The first kappa shape index (κ1) is 8.36. The fourth-order valence-electron chi connectivity index (χ4n) is 0.775. The van der Waals surface area contributed by atoms with E-state index in [9.17, 15) is 0 Å². The number of nitrogen functional groups attached to an aromatic ring is 1. The van der Waals surface area contributed by atoms with E-state index in [2.05, 4.69) is 15.6 Å². The van der Waals surface area contributed by atoms with Gasteiger partial charge in [0.05, 0.1) is 6.61 Å². The molecule has 4 N–H and O–H groups in total. The molecule has 12 heavy (non-hydrogen) atoms. The summed E-state index contributed by atoms with van der Waals surface area (Å²) in [5, 5.41) is 14.9. The first-order valence-electron chi connectivity index (χ1n) is 3.41. The molecule has 1 aromatic rings. The molecule has 0 saturated carbocycles. The van der Waals surface area contributed by atoms with Crippen LogP contribution in [0.5, 0.6) is 5.88 Å². The Kier molecular flexibility index (Phi) is 2.50. The SMILES string of the molecule is CCOc1n[nH]c(NN)c1C#N. The maximum Gasteiger partial charge on any atom is 0.253 e. The Hall–Kier alpha value is -1.74. The van der Waals surface area contributed by atoms with Crippen molar-refractivity contribution in [2.24, 2.45) is 5.84 Å². The Bertz CT molecular complexity index is 299. The maximum absolute atomic E-state index is 8.66. The van der Waals surface area contributed by atoms with Gasteiger partial charge in [0.15, 0.2) is 11.4 Å². The zero-order valence-electron chi connectivity index (χ0n) is 6.59. The molecule has 0 aliphatic rings. The van der Waals surface area contributed by atoms with Crippen LogP contribution in [-0.2, 0) is 0 Å². The molecule has 0 saturated heterocycles. The van der Waals surface area contributed by atoms with Crippen molar-refractivity contribution in [3.05, 3.63) is 5.56 Å². The number of rotatable bonds is 3. The van der Waals surface area contributed by atoms with Crippen molar-refractivity contribution in [2.75, 3.05) is 12.0 Å². The van der Waals surface area contributed by atoms with Crippen LogP contribution < -0.4 is 16.0 Å². The van der Waals surface area contributed by atoms with Gasteiger partial charge in [-0.1, -0.05) is 0 Å². The summed E-state index contributed by atoms with van der Waals surface area (Å²) in [4.78, 5) is 0. The van der Waals surface area contributed by atoms with E-state index in [0.717, 1.165) is 0 Å². The summed E-state index contributed by atoms with van der Waals surface area (Å²) in [7, 11) is 0. The molecule has 0 aliphatic carbocycles. The quantitative estimate of drug-likeness (QED) is 0.433. The average molecular weight is 167 g/mol. The summed E-state index contributed by atoms with van der Waals surface area (Å²) in [6.07, 6.45) is 0. The Balaban J connectivity index is 2.99. The number of nitriles is 1. The van der Waals surface area contributed by atoms with Gasteiger partial charge in [-0.3, -0.25) is 5.10 Å². The third-order valence-corrected chi connectivity index (χ3v) is 1.27. The third kappa shape index (κ3) is 1.31. The first-order chi connectivity index (χ1) is 5.83. The van der Waals surface area contributed by atoms with Crippen molar-refractivity contribution in [1.82, 2.24) is 10.2 Å². The van der Waals surface area contributed by atoms with Gasteiger partial charge in [0.1, 0.15) is 6.07 Å². The van der Waals surface area contributed by atoms with E-state index in [4.69, 9.17) is 15.8 Å². The highest BCUT2D eigenvalue weighted by Crippen LogP contribution is 2.20. The van der Waals surface area contributed by atoms with Crippen molar-refractivity contribution >= 4 is 5.82 Å². The third-order valence-electron chi connectivity index (χ3n) is 1.27. The molecule has 6 nitrogen and oxygen atoms in total. The van der Waals surface area contributed by atoms with Crippen molar-refractivity contribution in [1.29, 1.82) is 5.26 Å². The lowest BCUT2D eigenvalue weighted by Gasteiger charge is -1.96. The molecule has 64 valence electrons. The number of H-pyrrole nitrogens is 1. The van der Waals surface area contributed by atoms with Gasteiger partial charge in [0.2, 0.25) is 0 Å². The second kappa shape index (κ2) is 3.59. The van der Waals surface area contributed by atoms with Crippen LogP contribution in [0.4, 0.5) is 5.82 Å². The zero-order chi connectivity index (χ0) is 8.97. The van der Waals surface area contributed by atoms with Crippen molar-refractivity contribution in [3.63, 3.8) is 0 Å². The summed E-state index contributed by atoms with van der Waals surface area (Å²) in [5.74, 6) is 5.74. The molecule has 0 aromatic carbocycles. The summed E-state index contributed by atoms with van der Waals surface area (Å²) in [6.45, 7) is 2.27. The topological polar surface area (TPSA) is 99.8 Å². The summed E-state index contributed by atoms with van der Waals surface area (Å²) in [5.41, 5.74) is 2.60. The van der Waals surface area contributed by atoms with Gasteiger partial charge >= 0.3 is 0 Å². The lowest BCUT2D eigenvalue weighted by molar-refractivity contribution is 0.325. The number of hydrazine groups is 1. The number of aromatic nitrogens is 2. The molecule has 0 atom stereocenters. The number of ether oxygens (including phenoxy) is 1. The van der Waals surface area contributed by atoms with Gasteiger partial charge < -0.3 is 10.2 Å². The minimum absolute atomic E-state index is 0.271. The van der Waals surface area contributed by atoms with Crippen LogP contribution in [0.1, 0.15) is 12.5 Å². The molecular formula is C6H9N5O. The Morgan fingerprint density at radius 3 is 3.08 bits per heavy atom. The second-order valence-electron chi connectivity index (χ2n) is 1.97. The molecule has 1 aromatic heterocycles. The molecule has 1 rings (SSSR count). The van der Waals surface area contributed by atoms with E-state index in [-0.39, 0.29) is 5.88 Å². The standard InChI is InChI=1S/C6H9N5O/c1-2-12-6-4(3-7)5(9-8)10-11-6/h2,8H2,1H3,(H2,9,10,11). The van der Waals surface area contributed by atoms with Crippen molar-refractivity contribution in [3.8, 4) is 11.9 Å². The molecule has 0 spiro atoms. The fraction of sp³-hybridized carbons (Fsp3) is 0.333. The second-order valence-corrected chi connectivity index (χ2v) is 1.97. The molecule has 6 heteroatoms. The van der Waals surface area contributed by atoms with Gasteiger partial charge in [-0.15, -0.1) is 5.10 Å². The highest BCUT2D eigenvalue weighted by Gasteiger charge is 2.12. The number of hydrogen-bond donors (Lipinski definition) is 3. The predicted octanol–water partition coefficient (Wildman–Crippen LogP) is -0.0343. The van der Waals surface area contributed by atoms with E-state index >= 15 is 0 Å². The predicted molar refractivity (Wildman–Crippen MR) is 42.3 cm³/mol. The Morgan fingerprint density at radius 1 is 1.83 bits per heavy atom. The maximum atomic E-state index is 8.66. The summed E-state index contributed by atoms with van der Waals surface area (Å²) in [6, 6.07) is 1.92. The Labute approximate surface area is 69.3 Å². The lowest BCUT2D eigenvalue weighted by atomic mass is 10.3. The van der Waals surface area contributed by atoms with Crippen molar-refractivity contribution < 1.29 is 4.74 Å². The monoisotopic (exact) mass is 167 g/mol. The van der Waals surface area contributed by atoms with Crippen LogP contribution in [-0.4, -0.2) is 16.8 Å². The average Bonchev–Trinajstić information content (AvgIpc) is 2.47. The van der Waals surface area contributed by atoms with Gasteiger partial charge in [0.25, 0.3) is 5.88 Å². The first-order valence-corrected chi connectivity index (χ1v) is 3.41. The number of hydrogen-bond acceptors (Lipinski definition) is 5. The zero-order valence-corrected chi connectivity index (χ0v) is 6.59. The molecule has 1 heterocycles. The van der Waals surface area contributed by atoms with E-state index < -0.39 is 0 Å². The van der Waals surface area contributed by atoms with E-state index in [1.165, 1.54) is 0 Å². The largest absolute Gasteiger partial charge is 0.476 e. The number of nitrogens with two attached hydrogens (primary N) is 1. The van der Waals surface area contributed by atoms with Gasteiger partial charge in [-0.05, 0) is 6.92 Å². The van der Waals surface area contributed by atoms with Gasteiger partial charge in [0, 0.05) is 0 Å². The molecule has 0 unspecified atom stereocenters. The molecule has 0 bridgehead atoms. The molecule has 0 fully saturated rings. The lowest BCUT2D eigenvalue weighted by Crippen LogP contribution is -2.08. The number of nitrogens with zero attached hydrogens (tertiary/aromatic N) is 2. The van der Waals surface area contributed by atoms with E-state index in [1.54, 1.807) is 0 Å². The van der Waals surface area contributed by atoms with Crippen LogP contribution >= 0.6 is 0 Å². The summed E-state index contributed by atoms with van der Waals surface area (Å²) >= 11 is 0. The Morgan fingerprint density at radius 2 is 2.58 bits per heavy atom. The van der Waals surface area contributed by atoms with Crippen LogP contribution in [0.25, 0.3) is 0 Å². The highest BCUT2D eigenvalue weighted by atomic mass is 16.5. The van der Waals surface area contributed by atoms with Crippen molar-refractivity contribution in [2.45, 2.75) is 6.92 Å². The van der Waals surface area contributed by atoms with E-state index in [1.807, 2.05) is 13.0 Å². The number of aromatic amines is 1. The molecule has 0 aliphatic heterocycles. The van der Waals surface area contributed by atoms with E-state index in [0.29, 0.717) is 18.0 Å². The van der Waals surface area contributed by atoms with Crippen LogP contribution in [0.15, 0.2) is 0 Å². The number of nitrogens with one attached hydrogen (secondary N) is 2. The minimum atomic E-state index is 0.271. The highest BCUT2D eigenvalue weighted by molar-refractivity contribution is 5.56. The summed E-state index contributed by atoms with van der Waals surface area (Å²) < 4.78 is 5.05. The molecule has 0 radical (unpaired) electrons. The number of anilines is 1. The van der Waals surface area contributed by atoms with Crippen LogP contribution in [0, 0.1) is 11.3 Å². The molecular weight excluding hydrogens is 158 g/mol. The van der Waals surface area contributed by atoms with Crippen LogP contribution in [0.3, 0.4) is 0 Å². The molecule has 0 amide bonds. The van der Waals surface area contributed by atoms with Gasteiger partial charge in [-0.2, -0.15) is 5.26 Å². The van der Waals surface area contributed by atoms with Gasteiger partial charge in [-0.25, -0.2) is 5.84 Å². The fourth-order valence-corrected chi connectivity index (χ4v) is 0.775. The minimum Gasteiger partial charge on any atom is -0.476 e. The van der Waals surface area contributed by atoms with Crippen LogP contribution in [0.2, 0.25) is 0 Å².